The van der Waals surface area contributed by atoms with Crippen molar-refractivity contribution in [2.45, 2.75) is 53.4 Å². The molecule has 136 valence electrons. The van der Waals surface area contributed by atoms with Crippen molar-refractivity contribution in [2.24, 2.45) is 5.41 Å². The van der Waals surface area contributed by atoms with Gasteiger partial charge in [-0.3, -0.25) is 4.98 Å². The molecule has 2 aromatic heterocycles. The monoisotopic (exact) mass is 347 g/mol. The van der Waals surface area contributed by atoms with Crippen LogP contribution in [0.15, 0.2) is 48.8 Å². The summed E-state index contributed by atoms with van der Waals surface area (Å²) in [6.07, 6.45) is 8.00. The molecule has 3 heteroatoms. The highest BCUT2D eigenvalue weighted by Crippen LogP contribution is 2.25. The van der Waals surface area contributed by atoms with E-state index in [1.165, 1.54) is 28.8 Å². The van der Waals surface area contributed by atoms with Crippen molar-refractivity contribution >= 4 is 0 Å². The summed E-state index contributed by atoms with van der Waals surface area (Å²) in [6, 6.07) is 12.8. The van der Waals surface area contributed by atoms with Gasteiger partial charge in [-0.15, -0.1) is 0 Å². The number of benzene rings is 1. The second kappa shape index (κ2) is 7.86. The third kappa shape index (κ3) is 4.60. The van der Waals surface area contributed by atoms with Gasteiger partial charge in [0.2, 0.25) is 0 Å². The quantitative estimate of drug-likeness (QED) is 0.609. The number of aromatic amines is 1. The molecule has 0 unspecified atom stereocenters. The molecular weight excluding hydrogens is 318 g/mol. The molecule has 1 aromatic carbocycles. The summed E-state index contributed by atoms with van der Waals surface area (Å²) in [6.45, 7) is 8.95. The Kier molecular flexibility index (Phi) is 5.55. The zero-order chi connectivity index (χ0) is 18.6. The number of hydrogen-bond donors (Lipinski definition) is 1. The third-order valence-corrected chi connectivity index (χ3v) is 5.19. The second-order valence-corrected chi connectivity index (χ2v) is 7.92. The molecule has 3 aromatic rings. The first-order chi connectivity index (χ1) is 12.5. The van der Waals surface area contributed by atoms with Gasteiger partial charge in [0, 0.05) is 30.1 Å². The molecule has 0 aliphatic rings. The molecule has 2 heterocycles. The van der Waals surface area contributed by atoms with Gasteiger partial charge in [0.05, 0.1) is 5.69 Å². The molecule has 0 atom stereocenters. The Bertz CT molecular complexity index is 844. The maximum absolute atomic E-state index is 4.56. The minimum absolute atomic E-state index is 0.323. The number of imidazole rings is 1. The molecule has 3 nitrogen and oxygen atoms in total. The highest BCUT2D eigenvalue weighted by Gasteiger charge is 2.17. The number of H-pyrrole nitrogens is 1. The zero-order valence-electron chi connectivity index (χ0n) is 16.3. The number of hydrogen-bond acceptors (Lipinski definition) is 2. The van der Waals surface area contributed by atoms with E-state index in [2.05, 4.69) is 73.0 Å². The Labute approximate surface area is 156 Å². The van der Waals surface area contributed by atoms with Crippen LogP contribution in [0.1, 0.15) is 49.8 Å². The molecule has 0 aliphatic heterocycles. The minimum Gasteiger partial charge on any atom is -0.346 e. The van der Waals surface area contributed by atoms with Crippen molar-refractivity contribution < 1.29 is 0 Å². The zero-order valence-corrected chi connectivity index (χ0v) is 16.3. The van der Waals surface area contributed by atoms with Crippen LogP contribution in [0.25, 0.3) is 11.3 Å². The first-order valence-corrected chi connectivity index (χ1v) is 9.50. The lowest BCUT2D eigenvalue weighted by Crippen LogP contribution is -2.13. The third-order valence-electron chi connectivity index (χ3n) is 5.19. The Balaban J connectivity index is 1.60. The minimum atomic E-state index is 0.323. The summed E-state index contributed by atoms with van der Waals surface area (Å²) >= 11 is 0. The van der Waals surface area contributed by atoms with Gasteiger partial charge in [-0.25, -0.2) is 4.98 Å². The topological polar surface area (TPSA) is 41.6 Å². The van der Waals surface area contributed by atoms with E-state index in [1.807, 2.05) is 18.5 Å². The lowest BCUT2D eigenvalue weighted by Gasteiger charge is -2.21. The Morgan fingerprint density at radius 1 is 1.00 bits per heavy atom. The van der Waals surface area contributed by atoms with Crippen LogP contribution in [0.4, 0.5) is 0 Å². The van der Waals surface area contributed by atoms with Gasteiger partial charge in [-0.1, -0.05) is 57.5 Å². The molecular formula is C23H29N3. The van der Waals surface area contributed by atoms with E-state index >= 15 is 0 Å². The molecule has 1 N–H and O–H groups in total. The Morgan fingerprint density at radius 3 is 2.46 bits per heavy atom. The molecule has 0 spiro atoms. The van der Waals surface area contributed by atoms with Crippen molar-refractivity contribution in [1.29, 1.82) is 0 Å². The lowest BCUT2D eigenvalue weighted by atomic mass is 9.85. The maximum atomic E-state index is 4.56. The summed E-state index contributed by atoms with van der Waals surface area (Å²) in [4.78, 5) is 12.6. The normalized spacial score (nSPS) is 11.7. The summed E-state index contributed by atoms with van der Waals surface area (Å²) < 4.78 is 0. The second-order valence-electron chi connectivity index (χ2n) is 7.92. The SMILES string of the molecule is CCC(C)(C)Cc1cnc(CCc2ccc(-c3ncccc3C)cc2)[nH]1. The van der Waals surface area contributed by atoms with E-state index in [-0.39, 0.29) is 0 Å². The first kappa shape index (κ1) is 18.4. The van der Waals surface area contributed by atoms with E-state index in [0.29, 0.717) is 5.41 Å². The highest BCUT2D eigenvalue weighted by atomic mass is 14.9. The number of aryl methyl sites for hydroxylation is 3. The van der Waals surface area contributed by atoms with Gasteiger partial charge in [0.25, 0.3) is 0 Å². The highest BCUT2D eigenvalue weighted by molar-refractivity contribution is 5.62. The average molecular weight is 348 g/mol. The number of pyridine rings is 1. The molecule has 0 saturated carbocycles. The van der Waals surface area contributed by atoms with Gasteiger partial charge < -0.3 is 4.98 Å². The summed E-state index contributed by atoms with van der Waals surface area (Å²) in [5.41, 5.74) is 6.34. The van der Waals surface area contributed by atoms with E-state index in [9.17, 15) is 0 Å². The van der Waals surface area contributed by atoms with Crippen LogP contribution < -0.4 is 0 Å². The summed E-state index contributed by atoms with van der Waals surface area (Å²) in [7, 11) is 0. The van der Waals surface area contributed by atoms with E-state index < -0.39 is 0 Å². The van der Waals surface area contributed by atoms with Gasteiger partial charge in [0.15, 0.2) is 0 Å². The van der Waals surface area contributed by atoms with Gasteiger partial charge in [-0.05, 0) is 42.4 Å². The fourth-order valence-electron chi connectivity index (χ4n) is 3.14. The summed E-state index contributed by atoms with van der Waals surface area (Å²) in [5, 5.41) is 0. The maximum Gasteiger partial charge on any atom is 0.106 e. The van der Waals surface area contributed by atoms with Crippen molar-refractivity contribution in [1.82, 2.24) is 15.0 Å². The Hall–Kier alpha value is -2.42. The Morgan fingerprint density at radius 2 is 1.77 bits per heavy atom. The van der Waals surface area contributed by atoms with Crippen LogP contribution in [0.5, 0.6) is 0 Å². The fraction of sp³-hybridized carbons (Fsp3) is 0.391. The van der Waals surface area contributed by atoms with Gasteiger partial charge >= 0.3 is 0 Å². The van der Waals surface area contributed by atoms with E-state index in [0.717, 1.165) is 30.8 Å². The van der Waals surface area contributed by atoms with Crippen LogP contribution >= 0.6 is 0 Å². The lowest BCUT2D eigenvalue weighted by molar-refractivity contribution is 0.346. The van der Waals surface area contributed by atoms with Crippen molar-refractivity contribution in [2.75, 3.05) is 0 Å². The van der Waals surface area contributed by atoms with Gasteiger partial charge in [-0.2, -0.15) is 0 Å². The fourth-order valence-corrected chi connectivity index (χ4v) is 3.14. The van der Waals surface area contributed by atoms with E-state index in [4.69, 9.17) is 0 Å². The van der Waals surface area contributed by atoms with Crippen LogP contribution in [0, 0.1) is 12.3 Å². The number of nitrogens with one attached hydrogen (secondary N) is 1. The summed E-state index contributed by atoms with van der Waals surface area (Å²) in [5.74, 6) is 1.08. The first-order valence-electron chi connectivity index (χ1n) is 9.50. The predicted molar refractivity (Wildman–Crippen MR) is 108 cm³/mol. The average Bonchev–Trinajstić information content (AvgIpc) is 3.07. The molecule has 26 heavy (non-hydrogen) atoms. The molecule has 0 fully saturated rings. The van der Waals surface area contributed by atoms with Crippen LogP contribution in [0.2, 0.25) is 0 Å². The molecule has 0 aliphatic carbocycles. The molecule has 0 bridgehead atoms. The van der Waals surface area contributed by atoms with Crippen LogP contribution in [-0.2, 0) is 19.3 Å². The standard InChI is InChI=1S/C23H29N3/c1-5-23(3,4)15-20-16-25-21(26-20)13-10-18-8-11-19(12-9-18)22-17(2)7-6-14-24-22/h6-9,11-12,14,16H,5,10,13,15H2,1-4H3,(H,25,26). The van der Waals surface area contributed by atoms with Crippen molar-refractivity contribution in [3.8, 4) is 11.3 Å². The van der Waals surface area contributed by atoms with Crippen LogP contribution in [-0.4, -0.2) is 15.0 Å². The largest absolute Gasteiger partial charge is 0.346 e. The van der Waals surface area contributed by atoms with E-state index in [1.54, 1.807) is 0 Å². The van der Waals surface area contributed by atoms with Crippen LogP contribution in [0.3, 0.4) is 0 Å². The molecule has 0 saturated heterocycles. The number of aromatic nitrogens is 3. The molecule has 0 radical (unpaired) electrons. The molecule has 0 amide bonds. The van der Waals surface area contributed by atoms with Gasteiger partial charge in [0.1, 0.15) is 5.82 Å². The molecule has 3 rings (SSSR count). The number of nitrogens with zero attached hydrogens (tertiary/aromatic N) is 2. The smallest absolute Gasteiger partial charge is 0.106 e. The predicted octanol–water partition coefficient (Wildman–Crippen LogP) is 5.54. The van der Waals surface area contributed by atoms with Crippen molar-refractivity contribution in [3.63, 3.8) is 0 Å². The number of rotatable bonds is 7. The van der Waals surface area contributed by atoms with Crippen molar-refractivity contribution in [3.05, 3.63) is 71.4 Å².